The summed E-state index contributed by atoms with van der Waals surface area (Å²) >= 11 is 0. The molecule has 0 aliphatic rings. The quantitative estimate of drug-likeness (QED) is 0.838. The molecule has 2 unspecified atom stereocenters. The lowest BCUT2D eigenvalue weighted by atomic mass is 9.95. The molecular formula is C16H18O3P+. The Bertz CT molecular complexity index is 637. The predicted molar refractivity (Wildman–Crippen MR) is 81.7 cm³/mol. The molecule has 0 amide bonds. The van der Waals surface area contributed by atoms with E-state index in [4.69, 9.17) is 0 Å². The summed E-state index contributed by atoms with van der Waals surface area (Å²) in [5.41, 5.74) is 2.26. The van der Waals surface area contributed by atoms with Crippen molar-refractivity contribution >= 4 is 13.3 Å². The summed E-state index contributed by atoms with van der Waals surface area (Å²) in [7, 11) is -2.44. The Morgan fingerprint density at radius 3 is 2.45 bits per heavy atom. The third-order valence-electron chi connectivity index (χ3n) is 3.60. The van der Waals surface area contributed by atoms with Crippen LogP contribution in [0.4, 0.5) is 0 Å². The van der Waals surface area contributed by atoms with Gasteiger partial charge in [-0.15, -0.1) is 0 Å². The summed E-state index contributed by atoms with van der Waals surface area (Å²) in [6, 6.07) is 12.4. The number of hydrogen-bond acceptors (Lipinski definition) is 2. The maximum Gasteiger partial charge on any atom is 0.546 e. The Morgan fingerprint density at radius 1 is 1.15 bits per heavy atom. The minimum atomic E-state index is -2.44. The van der Waals surface area contributed by atoms with E-state index in [1.54, 1.807) is 30.3 Å². The van der Waals surface area contributed by atoms with Crippen molar-refractivity contribution in [3.8, 4) is 16.9 Å². The van der Waals surface area contributed by atoms with Gasteiger partial charge in [0.1, 0.15) is 5.75 Å². The largest absolute Gasteiger partial charge is 0.546 e. The molecule has 2 N–H and O–H groups in total. The topological polar surface area (TPSA) is 57.5 Å². The van der Waals surface area contributed by atoms with Gasteiger partial charge < -0.3 is 5.11 Å². The molecule has 20 heavy (non-hydrogen) atoms. The molecule has 0 aliphatic carbocycles. The van der Waals surface area contributed by atoms with E-state index in [-0.39, 0.29) is 5.75 Å². The van der Waals surface area contributed by atoms with Gasteiger partial charge in [-0.2, -0.15) is 4.89 Å². The molecule has 0 radical (unpaired) electrons. The Balaban J connectivity index is 2.52. The summed E-state index contributed by atoms with van der Waals surface area (Å²) in [5.74, 6) is 0.520. The zero-order valence-corrected chi connectivity index (χ0v) is 12.5. The van der Waals surface area contributed by atoms with Crippen molar-refractivity contribution in [1.82, 2.24) is 0 Å². The van der Waals surface area contributed by atoms with Crippen molar-refractivity contribution in [1.29, 1.82) is 0 Å². The first kappa shape index (κ1) is 14.7. The maximum absolute atomic E-state index is 11.4. The molecule has 0 aromatic heterocycles. The third-order valence-corrected chi connectivity index (χ3v) is 4.41. The lowest BCUT2D eigenvalue weighted by Crippen LogP contribution is -2.01. The van der Waals surface area contributed by atoms with Gasteiger partial charge in [-0.1, -0.05) is 38.1 Å². The number of aromatic hydroxyl groups is 1. The lowest BCUT2D eigenvalue weighted by Gasteiger charge is -2.11. The molecule has 0 fully saturated rings. The lowest BCUT2D eigenvalue weighted by molar-refractivity contribution is 0.476. The van der Waals surface area contributed by atoms with Crippen molar-refractivity contribution in [2.24, 2.45) is 0 Å². The number of phenols is 1. The summed E-state index contributed by atoms with van der Waals surface area (Å²) in [4.78, 5) is 9.37. The van der Waals surface area contributed by atoms with Crippen LogP contribution in [0.2, 0.25) is 0 Å². The maximum atomic E-state index is 11.4. The average Bonchev–Trinajstić information content (AvgIpc) is 2.46. The number of hydrogen-bond donors (Lipinski definition) is 2. The molecule has 104 valence electrons. The fraction of sp³-hybridized carbons (Fsp3) is 0.250. The van der Waals surface area contributed by atoms with Crippen LogP contribution >= 0.6 is 8.03 Å². The fourth-order valence-electron chi connectivity index (χ4n) is 2.19. The highest BCUT2D eigenvalue weighted by molar-refractivity contribution is 7.47. The van der Waals surface area contributed by atoms with Gasteiger partial charge in [0.2, 0.25) is 5.30 Å². The summed E-state index contributed by atoms with van der Waals surface area (Å²) < 4.78 is 11.4. The minimum Gasteiger partial charge on any atom is -0.507 e. The van der Waals surface area contributed by atoms with Gasteiger partial charge in [0.15, 0.2) is 0 Å². The highest BCUT2D eigenvalue weighted by Crippen LogP contribution is 2.34. The zero-order chi connectivity index (χ0) is 14.7. The normalized spacial score (nSPS) is 13.1. The van der Waals surface area contributed by atoms with Crippen LogP contribution in [-0.2, 0) is 4.57 Å². The molecule has 0 aliphatic heterocycles. The molecule has 0 bridgehead atoms. The van der Waals surface area contributed by atoms with Gasteiger partial charge in [-0.3, -0.25) is 0 Å². The Kier molecular flexibility index (Phi) is 4.53. The molecule has 2 aromatic rings. The first-order valence-corrected chi connectivity index (χ1v) is 7.84. The van der Waals surface area contributed by atoms with Crippen LogP contribution in [0, 0.1) is 0 Å². The zero-order valence-electron chi connectivity index (χ0n) is 11.6. The van der Waals surface area contributed by atoms with Crippen LogP contribution < -0.4 is 5.30 Å². The molecule has 4 heteroatoms. The highest BCUT2D eigenvalue weighted by Gasteiger charge is 2.23. The molecule has 2 aromatic carbocycles. The van der Waals surface area contributed by atoms with Crippen molar-refractivity contribution in [3.63, 3.8) is 0 Å². The predicted octanol–water partition coefficient (Wildman–Crippen LogP) is 3.93. The van der Waals surface area contributed by atoms with Crippen molar-refractivity contribution < 1.29 is 14.6 Å². The molecule has 0 saturated carbocycles. The van der Waals surface area contributed by atoms with E-state index in [9.17, 15) is 14.6 Å². The van der Waals surface area contributed by atoms with Crippen LogP contribution in [0.1, 0.15) is 31.7 Å². The second kappa shape index (κ2) is 6.17. The second-order valence-corrected chi connectivity index (χ2v) is 5.90. The number of rotatable bonds is 4. The Morgan fingerprint density at radius 2 is 1.85 bits per heavy atom. The van der Waals surface area contributed by atoms with E-state index >= 15 is 0 Å². The van der Waals surface area contributed by atoms with Gasteiger partial charge in [0.05, 0.1) is 0 Å². The summed E-state index contributed by atoms with van der Waals surface area (Å²) in [5, 5.41) is 10.6. The third kappa shape index (κ3) is 2.90. The standard InChI is InChI=1S/C16H17O3P/c1-3-11(2)12-8-9-13(15(17)10-12)14-6-4-5-7-16(14)20(18)19/h4-11H,3H2,1-2H3,(H-,17,18,19)/p+1. The van der Waals surface area contributed by atoms with E-state index in [0.29, 0.717) is 22.3 Å². The first-order chi connectivity index (χ1) is 9.54. The second-order valence-electron chi connectivity index (χ2n) is 4.88. The summed E-state index contributed by atoms with van der Waals surface area (Å²) in [6.45, 7) is 4.20. The van der Waals surface area contributed by atoms with Gasteiger partial charge >= 0.3 is 8.03 Å². The number of phenolic OH excluding ortho intramolecular Hbond substituents is 1. The van der Waals surface area contributed by atoms with Gasteiger partial charge in [0.25, 0.3) is 0 Å². The minimum absolute atomic E-state index is 0.145. The molecule has 2 rings (SSSR count). The average molecular weight is 289 g/mol. The highest BCUT2D eigenvalue weighted by atomic mass is 31.1. The summed E-state index contributed by atoms with van der Waals surface area (Å²) in [6.07, 6.45) is 0.998. The van der Waals surface area contributed by atoms with Crippen molar-refractivity contribution in [3.05, 3.63) is 48.0 Å². The SMILES string of the molecule is CCC(C)c1ccc(-c2ccccc2[P+](=O)O)c(O)c1. The molecule has 2 atom stereocenters. The van der Waals surface area contributed by atoms with E-state index in [1.807, 2.05) is 12.1 Å². The van der Waals surface area contributed by atoms with E-state index in [1.165, 1.54) is 0 Å². The Hall–Kier alpha value is -1.70. The molecule has 0 heterocycles. The van der Waals surface area contributed by atoms with E-state index in [2.05, 4.69) is 13.8 Å². The first-order valence-electron chi connectivity index (χ1n) is 6.63. The van der Waals surface area contributed by atoms with Gasteiger partial charge in [-0.25, -0.2) is 0 Å². The van der Waals surface area contributed by atoms with Crippen LogP contribution in [0.3, 0.4) is 0 Å². The van der Waals surface area contributed by atoms with Gasteiger partial charge in [-0.05, 0) is 40.7 Å². The van der Waals surface area contributed by atoms with E-state index in [0.717, 1.165) is 12.0 Å². The van der Waals surface area contributed by atoms with Crippen molar-refractivity contribution in [2.45, 2.75) is 26.2 Å². The molecule has 0 spiro atoms. The van der Waals surface area contributed by atoms with Crippen LogP contribution in [-0.4, -0.2) is 10.00 Å². The van der Waals surface area contributed by atoms with Crippen LogP contribution in [0.25, 0.3) is 11.1 Å². The fourth-order valence-corrected chi connectivity index (χ4v) is 2.80. The van der Waals surface area contributed by atoms with Crippen molar-refractivity contribution in [2.75, 3.05) is 0 Å². The molecule has 0 saturated heterocycles. The van der Waals surface area contributed by atoms with Crippen LogP contribution in [0.15, 0.2) is 42.5 Å². The molecule has 3 nitrogen and oxygen atoms in total. The van der Waals surface area contributed by atoms with E-state index < -0.39 is 8.03 Å². The molecular weight excluding hydrogens is 271 g/mol. The number of benzene rings is 2. The Labute approximate surface area is 119 Å². The smallest absolute Gasteiger partial charge is 0.507 e. The van der Waals surface area contributed by atoms with Gasteiger partial charge in [0, 0.05) is 11.1 Å². The van der Waals surface area contributed by atoms with Crippen LogP contribution in [0.5, 0.6) is 5.75 Å². The monoisotopic (exact) mass is 289 g/mol.